The fourth-order valence-electron chi connectivity index (χ4n) is 4.21. The average Bonchev–Trinajstić information content (AvgIpc) is 2.99. The molecule has 1 aliphatic rings. The van der Waals surface area contributed by atoms with Gasteiger partial charge in [0.15, 0.2) is 0 Å². The summed E-state index contributed by atoms with van der Waals surface area (Å²) in [7, 11) is 5.89. The zero-order valence-electron chi connectivity index (χ0n) is 21.5. The number of ether oxygens (including phenoxy) is 5. The van der Waals surface area contributed by atoms with E-state index in [-0.39, 0.29) is 6.10 Å². The summed E-state index contributed by atoms with van der Waals surface area (Å²) in [5.41, 5.74) is 6.46. The first-order chi connectivity index (χ1) is 17.2. The van der Waals surface area contributed by atoms with E-state index in [0.717, 1.165) is 19.4 Å². The third kappa shape index (κ3) is 9.15. The van der Waals surface area contributed by atoms with Crippen molar-refractivity contribution in [1.82, 2.24) is 4.90 Å². The molecular weight excluding hydrogens is 442 g/mol. The van der Waals surface area contributed by atoms with Crippen LogP contribution in [0.1, 0.15) is 34.8 Å². The van der Waals surface area contributed by atoms with E-state index in [4.69, 9.17) is 23.7 Å². The van der Waals surface area contributed by atoms with Crippen LogP contribution in [0.25, 0.3) is 5.57 Å². The highest BCUT2D eigenvalue weighted by atomic mass is 16.6. The molecule has 1 atom stereocenters. The van der Waals surface area contributed by atoms with Gasteiger partial charge in [-0.25, -0.2) is 0 Å². The summed E-state index contributed by atoms with van der Waals surface area (Å²) in [6, 6.07) is 17.4. The Kier molecular flexibility index (Phi) is 12.5. The maximum absolute atomic E-state index is 6.39. The minimum atomic E-state index is -0.00352. The first-order valence-corrected chi connectivity index (χ1v) is 12.6. The van der Waals surface area contributed by atoms with Crippen molar-refractivity contribution in [2.45, 2.75) is 18.9 Å². The highest BCUT2D eigenvalue weighted by Crippen LogP contribution is 2.39. The Balaban J connectivity index is 1.53. The summed E-state index contributed by atoms with van der Waals surface area (Å²) >= 11 is 0. The van der Waals surface area contributed by atoms with Gasteiger partial charge in [-0.05, 0) is 48.3 Å². The number of benzene rings is 2. The van der Waals surface area contributed by atoms with Crippen molar-refractivity contribution in [3.63, 3.8) is 0 Å². The second-order valence-electron chi connectivity index (χ2n) is 8.85. The summed E-state index contributed by atoms with van der Waals surface area (Å²) in [6.07, 6.45) is 4.23. The fraction of sp³-hybridized carbons (Fsp3) is 0.517. The lowest BCUT2D eigenvalue weighted by Gasteiger charge is -2.19. The molecule has 2 aromatic carbocycles. The third-order valence-corrected chi connectivity index (χ3v) is 5.96. The normalized spacial score (nSPS) is 16.3. The molecular formula is C29H41NO5. The first-order valence-electron chi connectivity index (χ1n) is 12.6. The predicted octanol–water partition coefficient (Wildman–Crippen LogP) is 4.38. The molecule has 0 aromatic heterocycles. The van der Waals surface area contributed by atoms with Gasteiger partial charge in [0.25, 0.3) is 0 Å². The van der Waals surface area contributed by atoms with Gasteiger partial charge in [-0.2, -0.15) is 0 Å². The molecule has 3 rings (SSSR count). The minimum Gasteiger partial charge on any atom is -0.382 e. The largest absolute Gasteiger partial charge is 0.382 e. The third-order valence-electron chi connectivity index (χ3n) is 5.96. The summed E-state index contributed by atoms with van der Waals surface area (Å²) in [6.45, 7) is 5.53. The molecule has 2 aromatic rings. The van der Waals surface area contributed by atoms with E-state index < -0.39 is 0 Å². The quantitative estimate of drug-likeness (QED) is 0.330. The van der Waals surface area contributed by atoms with Crippen LogP contribution in [0.5, 0.6) is 0 Å². The van der Waals surface area contributed by atoms with E-state index in [1.807, 2.05) is 0 Å². The van der Waals surface area contributed by atoms with Crippen LogP contribution < -0.4 is 0 Å². The van der Waals surface area contributed by atoms with Crippen LogP contribution in [0, 0.1) is 0 Å². The van der Waals surface area contributed by atoms with Crippen molar-refractivity contribution >= 4 is 5.57 Å². The first kappa shape index (κ1) is 27.5. The van der Waals surface area contributed by atoms with E-state index in [1.54, 1.807) is 7.11 Å². The van der Waals surface area contributed by atoms with Crippen molar-refractivity contribution in [3.8, 4) is 0 Å². The summed E-state index contributed by atoms with van der Waals surface area (Å²) in [4.78, 5) is 2.22. The maximum Gasteiger partial charge on any atom is 0.0872 e. The van der Waals surface area contributed by atoms with E-state index in [2.05, 4.69) is 73.6 Å². The minimum absolute atomic E-state index is 0.00352. The molecule has 0 saturated carbocycles. The van der Waals surface area contributed by atoms with Crippen molar-refractivity contribution < 1.29 is 23.7 Å². The van der Waals surface area contributed by atoms with Crippen LogP contribution in [0.2, 0.25) is 0 Å². The average molecular weight is 484 g/mol. The van der Waals surface area contributed by atoms with E-state index >= 15 is 0 Å². The highest BCUT2D eigenvalue weighted by Gasteiger charge is 2.25. The molecule has 0 bridgehead atoms. The lowest BCUT2D eigenvalue weighted by molar-refractivity contribution is -0.0218. The summed E-state index contributed by atoms with van der Waals surface area (Å²) in [5, 5.41) is 0. The molecule has 192 valence electrons. The lowest BCUT2D eigenvalue weighted by atomic mass is 9.93. The number of rotatable bonds is 16. The van der Waals surface area contributed by atoms with Crippen molar-refractivity contribution in [3.05, 3.63) is 76.9 Å². The van der Waals surface area contributed by atoms with Gasteiger partial charge in [-0.1, -0.05) is 54.6 Å². The monoisotopic (exact) mass is 483 g/mol. The standard InChI is InChI=1S/C29H41NO5/c1-30(2)14-8-13-26-25-10-5-4-9-24(25)23-29(28-12-7-6-11-27(26)28)35-22-21-34-20-19-33-18-17-32-16-15-31-3/h4-7,9-13,29H,8,14-23H2,1-3H3/b26-13+/t29-/m1/s1. The Hall–Kier alpha value is -2.06. The maximum atomic E-state index is 6.39. The van der Waals surface area contributed by atoms with Gasteiger partial charge in [-0.3, -0.25) is 0 Å². The van der Waals surface area contributed by atoms with Crippen LogP contribution in [0.4, 0.5) is 0 Å². The predicted molar refractivity (Wildman–Crippen MR) is 140 cm³/mol. The highest BCUT2D eigenvalue weighted by molar-refractivity contribution is 5.84. The second kappa shape index (κ2) is 15.8. The molecule has 0 unspecified atom stereocenters. The lowest BCUT2D eigenvalue weighted by Crippen LogP contribution is -2.15. The van der Waals surface area contributed by atoms with Crippen LogP contribution in [0.15, 0.2) is 54.6 Å². The molecule has 0 saturated heterocycles. The van der Waals surface area contributed by atoms with Gasteiger partial charge < -0.3 is 28.6 Å². The number of nitrogens with zero attached hydrogens (tertiary/aromatic N) is 1. The summed E-state index contributed by atoms with van der Waals surface area (Å²) in [5.74, 6) is 0. The Morgan fingerprint density at radius 1 is 0.771 bits per heavy atom. The molecule has 0 fully saturated rings. The Labute approximate surface area is 210 Å². The Bertz CT molecular complexity index is 898. The molecule has 0 heterocycles. The molecule has 1 aliphatic carbocycles. The number of hydrogen-bond acceptors (Lipinski definition) is 6. The molecule has 6 nitrogen and oxygen atoms in total. The van der Waals surface area contributed by atoms with Gasteiger partial charge in [-0.15, -0.1) is 0 Å². The number of fused-ring (bicyclic) bond motifs is 2. The topological polar surface area (TPSA) is 49.4 Å². The molecule has 0 aliphatic heterocycles. The van der Waals surface area contributed by atoms with Crippen LogP contribution >= 0.6 is 0 Å². The summed E-state index contributed by atoms with van der Waals surface area (Å²) < 4.78 is 28.0. The van der Waals surface area contributed by atoms with Crippen molar-refractivity contribution in [2.24, 2.45) is 0 Å². The SMILES string of the molecule is COCCOCCOCCOCCO[C@@H]1Cc2ccccc2/C(=C\CCN(C)C)c2ccccc21. The van der Waals surface area contributed by atoms with E-state index in [9.17, 15) is 0 Å². The molecule has 0 N–H and O–H groups in total. The van der Waals surface area contributed by atoms with Crippen molar-refractivity contribution in [2.75, 3.05) is 80.6 Å². The van der Waals surface area contributed by atoms with E-state index in [1.165, 1.54) is 27.8 Å². The van der Waals surface area contributed by atoms with Crippen LogP contribution in [-0.2, 0) is 30.1 Å². The van der Waals surface area contributed by atoms with Crippen LogP contribution in [-0.4, -0.2) is 85.5 Å². The smallest absolute Gasteiger partial charge is 0.0872 e. The molecule has 0 amide bonds. The zero-order valence-corrected chi connectivity index (χ0v) is 21.5. The number of hydrogen-bond donors (Lipinski definition) is 0. The Morgan fingerprint density at radius 3 is 2.06 bits per heavy atom. The second-order valence-corrected chi connectivity index (χ2v) is 8.85. The van der Waals surface area contributed by atoms with Crippen molar-refractivity contribution in [1.29, 1.82) is 0 Å². The fourth-order valence-corrected chi connectivity index (χ4v) is 4.21. The van der Waals surface area contributed by atoms with Gasteiger partial charge in [0.05, 0.1) is 59.0 Å². The number of methoxy groups -OCH3 is 1. The van der Waals surface area contributed by atoms with Crippen LogP contribution in [0.3, 0.4) is 0 Å². The Morgan fingerprint density at radius 2 is 1.37 bits per heavy atom. The molecule has 0 spiro atoms. The van der Waals surface area contributed by atoms with Gasteiger partial charge >= 0.3 is 0 Å². The van der Waals surface area contributed by atoms with Gasteiger partial charge in [0, 0.05) is 20.1 Å². The van der Waals surface area contributed by atoms with Gasteiger partial charge in [0.2, 0.25) is 0 Å². The van der Waals surface area contributed by atoms with Gasteiger partial charge in [0.1, 0.15) is 0 Å². The molecule has 0 radical (unpaired) electrons. The zero-order chi connectivity index (χ0) is 24.7. The van der Waals surface area contributed by atoms with E-state index in [0.29, 0.717) is 52.9 Å². The molecule has 6 heteroatoms. The molecule has 35 heavy (non-hydrogen) atoms.